The third kappa shape index (κ3) is 5.49. The summed E-state index contributed by atoms with van der Waals surface area (Å²) in [6.07, 6.45) is 7.36. The highest BCUT2D eigenvalue weighted by Gasteiger charge is 2.53. The summed E-state index contributed by atoms with van der Waals surface area (Å²) in [6.45, 7) is 0. The minimum Gasteiger partial charge on any atom is -0.255 e. The van der Waals surface area contributed by atoms with E-state index >= 15 is 0 Å². The molecule has 4 aromatic heterocycles. The Morgan fingerprint density at radius 3 is 1.59 bits per heavy atom. The predicted molar refractivity (Wildman–Crippen MR) is 241 cm³/mol. The van der Waals surface area contributed by atoms with Gasteiger partial charge in [-0.3, -0.25) is 19.9 Å². The van der Waals surface area contributed by atoms with Crippen molar-refractivity contribution in [3.05, 3.63) is 224 Å². The average molecular weight is 871 g/mol. The molecule has 3 aliphatic carbocycles. The second-order valence-electron chi connectivity index (χ2n) is 14.7. The van der Waals surface area contributed by atoms with Crippen LogP contribution < -0.4 is 0 Å². The van der Waals surface area contributed by atoms with Gasteiger partial charge in [-0.05, 0) is 121 Å². The molecule has 58 heavy (non-hydrogen) atoms. The molecule has 272 valence electrons. The van der Waals surface area contributed by atoms with E-state index in [1.807, 2.05) is 55.0 Å². The molecule has 0 saturated carbocycles. The van der Waals surface area contributed by atoms with Crippen LogP contribution in [0, 0.1) is 11.8 Å². The highest BCUT2D eigenvalue weighted by molar-refractivity contribution is 9.10. The third-order valence-corrected chi connectivity index (χ3v) is 12.5. The van der Waals surface area contributed by atoms with Gasteiger partial charge in [-0.25, -0.2) is 0 Å². The van der Waals surface area contributed by atoms with E-state index in [2.05, 4.69) is 164 Å². The Morgan fingerprint density at radius 1 is 0.483 bits per heavy atom. The van der Waals surface area contributed by atoms with Crippen LogP contribution in [0.1, 0.15) is 44.9 Å². The molecule has 0 amide bonds. The average Bonchev–Trinajstić information content (AvgIpc) is 3.27. The summed E-state index contributed by atoms with van der Waals surface area (Å²) in [7, 11) is 0. The smallest absolute Gasteiger partial charge is 0.108 e. The van der Waals surface area contributed by atoms with Crippen molar-refractivity contribution in [1.29, 1.82) is 0 Å². The molecule has 0 aliphatic heterocycles. The van der Waals surface area contributed by atoms with Crippen molar-refractivity contribution >= 4 is 64.6 Å². The van der Waals surface area contributed by atoms with Gasteiger partial charge in [-0.2, -0.15) is 0 Å². The van der Waals surface area contributed by atoms with E-state index in [-0.39, 0.29) is 5.92 Å². The van der Waals surface area contributed by atoms with Crippen LogP contribution in [0.25, 0.3) is 55.5 Å². The quantitative estimate of drug-likeness (QED) is 0.131. The van der Waals surface area contributed by atoms with Gasteiger partial charge in [0.2, 0.25) is 0 Å². The van der Waals surface area contributed by atoms with Gasteiger partial charge in [0.25, 0.3) is 0 Å². The molecule has 9 aromatic rings. The molecule has 4 heterocycles. The summed E-state index contributed by atoms with van der Waals surface area (Å²) in [5, 5.41) is 4.74. The molecular formula is C52H30Br2N4. The number of allylic oxidation sites excluding steroid dienone is 2. The fourth-order valence-corrected chi connectivity index (χ4v) is 9.85. The maximum Gasteiger partial charge on any atom is 0.108 e. The minimum absolute atomic E-state index is 0.0651. The number of hydrogen-bond donors (Lipinski definition) is 0. The van der Waals surface area contributed by atoms with Crippen LogP contribution in [-0.4, -0.2) is 19.9 Å². The van der Waals surface area contributed by atoms with Crippen LogP contribution in [0.4, 0.5) is 0 Å². The van der Waals surface area contributed by atoms with Gasteiger partial charge in [0, 0.05) is 45.2 Å². The van der Waals surface area contributed by atoms with Gasteiger partial charge < -0.3 is 0 Å². The maximum absolute atomic E-state index is 4.88. The molecule has 3 aliphatic rings. The molecule has 0 N–H and O–H groups in total. The second-order valence-corrected chi connectivity index (χ2v) is 16.5. The second kappa shape index (κ2) is 13.8. The molecule has 0 spiro atoms. The van der Waals surface area contributed by atoms with Crippen LogP contribution in [-0.2, 0) is 5.41 Å². The molecule has 12 rings (SSSR count). The lowest BCUT2D eigenvalue weighted by Gasteiger charge is -2.50. The van der Waals surface area contributed by atoms with Crippen LogP contribution in [0.3, 0.4) is 0 Å². The van der Waals surface area contributed by atoms with Gasteiger partial charge in [0.05, 0.1) is 22.8 Å². The number of nitrogens with zero attached hydrogens (tertiary/aromatic N) is 4. The van der Waals surface area contributed by atoms with Crippen LogP contribution in [0.5, 0.6) is 0 Å². The molecule has 6 heteroatoms. The van der Waals surface area contributed by atoms with E-state index in [1.165, 1.54) is 60.5 Å². The number of halogens is 2. The summed E-state index contributed by atoms with van der Waals surface area (Å²) in [5.74, 6) is 7.77. The number of aromatic nitrogens is 4. The Hall–Kier alpha value is -6.52. The first kappa shape index (κ1) is 34.7. The molecule has 0 radical (unpaired) electrons. The van der Waals surface area contributed by atoms with Gasteiger partial charge in [-0.1, -0.05) is 141 Å². The van der Waals surface area contributed by atoms with E-state index in [0.29, 0.717) is 0 Å². The van der Waals surface area contributed by atoms with Crippen molar-refractivity contribution in [2.24, 2.45) is 0 Å². The van der Waals surface area contributed by atoms with Crippen LogP contribution in [0.2, 0.25) is 0 Å². The Morgan fingerprint density at radius 2 is 0.983 bits per heavy atom. The minimum atomic E-state index is -0.876. The number of fused-ring (bicyclic) bond motifs is 2. The summed E-state index contributed by atoms with van der Waals surface area (Å²) in [6, 6.07) is 54.0. The number of pyridine rings is 4. The van der Waals surface area contributed by atoms with E-state index in [4.69, 9.17) is 15.0 Å². The topological polar surface area (TPSA) is 51.6 Å². The Bertz CT molecular complexity index is 3150. The first-order chi connectivity index (χ1) is 28.6. The van der Waals surface area contributed by atoms with Gasteiger partial charge >= 0.3 is 0 Å². The molecule has 0 atom stereocenters. The fraction of sp³-hybridized carbons (Fsp3) is 0.0385. The van der Waals surface area contributed by atoms with E-state index in [1.54, 1.807) is 6.20 Å². The lowest BCUT2D eigenvalue weighted by molar-refractivity contribution is 0.749. The molecule has 0 unspecified atom stereocenters. The van der Waals surface area contributed by atoms with E-state index in [0.717, 1.165) is 42.8 Å². The van der Waals surface area contributed by atoms with Gasteiger partial charge in [-0.15, -0.1) is 0 Å². The van der Waals surface area contributed by atoms with Crippen molar-refractivity contribution in [3.63, 3.8) is 0 Å². The number of rotatable bonds is 4. The lowest BCUT2D eigenvalue weighted by atomic mass is 9.51. The zero-order chi connectivity index (χ0) is 38.8. The monoisotopic (exact) mass is 868 g/mol. The zero-order valence-corrected chi connectivity index (χ0v) is 34.0. The fourth-order valence-electron chi connectivity index (χ4n) is 9.18. The Kier molecular flexibility index (Phi) is 8.28. The molecule has 0 fully saturated rings. The Balaban J connectivity index is 1.30. The first-order valence-electron chi connectivity index (χ1n) is 19.1. The number of benzene rings is 5. The SMILES string of the molecule is Brc1ccnc(-c2cc(C#CC34C(c5c6ccccc6cc6ccccc56)=C(c5ccnc(-c6cc(Br)ccn6)c5)C(c5ccccc53)c3ccccc34)ccn2)c1. The standard InChI is InChI=1S/C52H30Br2N4/c53-36-20-25-57-46(30-36)44-27-32(18-23-55-44)17-22-52-42-15-7-5-13-40(42)49(41-14-6-8-16-43(41)52)48(35-19-24-56-45(29-35)47-31-37(54)21-26-58-47)51(52)50-38-11-3-1-9-33(38)28-34-10-2-4-12-39(34)50/h1-16,18-21,23-31,49H. The largest absolute Gasteiger partial charge is 0.255 e. The normalized spacial score (nSPS) is 16.5. The Labute approximate surface area is 352 Å². The molecular weight excluding hydrogens is 840 g/mol. The molecule has 0 saturated heterocycles. The number of hydrogen-bond acceptors (Lipinski definition) is 4. The molecule has 5 aromatic carbocycles. The molecule has 4 nitrogen and oxygen atoms in total. The van der Waals surface area contributed by atoms with Crippen molar-refractivity contribution < 1.29 is 0 Å². The van der Waals surface area contributed by atoms with Gasteiger partial charge in [0.15, 0.2) is 0 Å². The third-order valence-electron chi connectivity index (χ3n) is 11.5. The summed E-state index contributed by atoms with van der Waals surface area (Å²) in [5.41, 5.74) is 12.8. The van der Waals surface area contributed by atoms with Crippen molar-refractivity contribution in [3.8, 4) is 34.6 Å². The van der Waals surface area contributed by atoms with Crippen molar-refractivity contribution in [2.75, 3.05) is 0 Å². The van der Waals surface area contributed by atoms with Crippen molar-refractivity contribution in [1.82, 2.24) is 19.9 Å². The first-order valence-corrected chi connectivity index (χ1v) is 20.7. The highest BCUT2D eigenvalue weighted by Crippen LogP contribution is 2.65. The van der Waals surface area contributed by atoms with Gasteiger partial charge in [0.1, 0.15) is 5.41 Å². The highest BCUT2D eigenvalue weighted by atomic mass is 79.9. The summed E-state index contributed by atoms with van der Waals surface area (Å²) in [4.78, 5) is 19.0. The molecule has 2 bridgehead atoms. The maximum atomic E-state index is 4.88. The summed E-state index contributed by atoms with van der Waals surface area (Å²) >= 11 is 7.28. The predicted octanol–water partition coefficient (Wildman–Crippen LogP) is 12.8. The van der Waals surface area contributed by atoms with E-state index in [9.17, 15) is 0 Å². The van der Waals surface area contributed by atoms with Crippen LogP contribution >= 0.6 is 31.9 Å². The van der Waals surface area contributed by atoms with Crippen molar-refractivity contribution in [2.45, 2.75) is 11.3 Å². The lowest BCUT2D eigenvalue weighted by Crippen LogP contribution is -2.41. The zero-order valence-electron chi connectivity index (χ0n) is 30.9. The summed E-state index contributed by atoms with van der Waals surface area (Å²) < 4.78 is 1.90. The van der Waals surface area contributed by atoms with Crippen LogP contribution in [0.15, 0.2) is 185 Å². The van der Waals surface area contributed by atoms with E-state index < -0.39 is 5.41 Å².